The van der Waals surface area contributed by atoms with Gasteiger partial charge in [0.2, 0.25) is 0 Å². The van der Waals surface area contributed by atoms with Crippen LogP contribution in [0.1, 0.15) is 24.2 Å². The first kappa shape index (κ1) is 15.4. The Morgan fingerprint density at radius 1 is 1.53 bits per heavy atom. The lowest BCUT2D eigenvalue weighted by molar-refractivity contribution is -0.384. The minimum Gasteiger partial charge on any atom is -0.350 e. The van der Waals surface area contributed by atoms with Crippen molar-refractivity contribution in [1.29, 1.82) is 0 Å². The molecule has 0 spiro atoms. The number of hydrogen-bond acceptors (Lipinski definition) is 4. The molecule has 104 valence electrons. The van der Waals surface area contributed by atoms with Crippen LogP contribution in [-0.2, 0) is 0 Å². The fraction of sp³-hybridized carbons (Fsp3) is 0.417. The largest absolute Gasteiger partial charge is 0.350 e. The molecule has 0 saturated carbocycles. The summed E-state index contributed by atoms with van der Waals surface area (Å²) in [6, 6.07) is 3.93. The number of likely N-dealkylation sites (N-methyl/N-ethyl adjacent to an activating group) is 1. The summed E-state index contributed by atoms with van der Waals surface area (Å²) in [5, 5.41) is 16.5. The summed E-state index contributed by atoms with van der Waals surface area (Å²) in [5.41, 5.74) is 0.0959. The standard InChI is InChI=1S/C12H16ClN3O3/c1-3-14-8(2)7-15-12(17)10-5-4-9(16(18)19)6-11(10)13/h4-6,8,14H,3,7H2,1-2H3,(H,15,17)/t8-/m1/s1. The highest BCUT2D eigenvalue weighted by atomic mass is 35.5. The van der Waals surface area contributed by atoms with Gasteiger partial charge in [-0.05, 0) is 19.5 Å². The van der Waals surface area contributed by atoms with E-state index in [1.807, 2.05) is 13.8 Å². The Bertz CT molecular complexity index is 479. The van der Waals surface area contributed by atoms with Gasteiger partial charge in [-0.3, -0.25) is 14.9 Å². The average Bonchev–Trinajstić information content (AvgIpc) is 2.36. The maximum atomic E-state index is 11.9. The molecule has 6 nitrogen and oxygen atoms in total. The SMILES string of the molecule is CCN[C@H](C)CNC(=O)c1ccc([N+](=O)[O-])cc1Cl. The second kappa shape index (κ2) is 7.06. The minimum absolute atomic E-state index is 0.0720. The molecule has 0 aliphatic rings. The Morgan fingerprint density at radius 2 is 2.21 bits per heavy atom. The fourth-order valence-electron chi connectivity index (χ4n) is 1.56. The molecule has 0 aromatic heterocycles. The zero-order valence-corrected chi connectivity index (χ0v) is 11.5. The summed E-state index contributed by atoms with van der Waals surface area (Å²) in [6.45, 7) is 5.20. The van der Waals surface area contributed by atoms with E-state index in [0.717, 1.165) is 6.54 Å². The van der Waals surface area contributed by atoms with E-state index in [9.17, 15) is 14.9 Å². The predicted octanol–water partition coefficient (Wildman–Crippen LogP) is 1.98. The number of benzene rings is 1. The van der Waals surface area contributed by atoms with Crippen LogP contribution in [0.2, 0.25) is 5.02 Å². The van der Waals surface area contributed by atoms with Gasteiger partial charge in [-0.25, -0.2) is 0 Å². The van der Waals surface area contributed by atoms with Crippen molar-refractivity contribution in [2.45, 2.75) is 19.9 Å². The van der Waals surface area contributed by atoms with Gasteiger partial charge in [-0.15, -0.1) is 0 Å². The smallest absolute Gasteiger partial charge is 0.270 e. The topological polar surface area (TPSA) is 84.3 Å². The molecule has 0 aliphatic heterocycles. The highest BCUT2D eigenvalue weighted by molar-refractivity contribution is 6.34. The summed E-state index contributed by atoms with van der Waals surface area (Å²) in [5.74, 6) is -0.343. The molecule has 0 heterocycles. The van der Waals surface area contributed by atoms with E-state index in [-0.39, 0.29) is 28.2 Å². The van der Waals surface area contributed by atoms with Gasteiger partial charge in [0.15, 0.2) is 0 Å². The van der Waals surface area contributed by atoms with Crippen LogP contribution in [-0.4, -0.2) is 30.0 Å². The average molecular weight is 286 g/mol. The Balaban J connectivity index is 2.70. The molecule has 0 aliphatic carbocycles. The van der Waals surface area contributed by atoms with E-state index in [1.165, 1.54) is 18.2 Å². The first-order valence-electron chi connectivity index (χ1n) is 5.91. The molecule has 2 N–H and O–H groups in total. The number of nitro groups is 1. The Morgan fingerprint density at radius 3 is 2.74 bits per heavy atom. The van der Waals surface area contributed by atoms with Gasteiger partial charge < -0.3 is 10.6 Å². The number of non-ortho nitro benzene ring substituents is 1. The van der Waals surface area contributed by atoms with Crippen molar-refractivity contribution in [3.63, 3.8) is 0 Å². The maximum Gasteiger partial charge on any atom is 0.270 e. The van der Waals surface area contributed by atoms with E-state index in [1.54, 1.807) is 0 Å². The summed E-state index contributed by atoms with van der Waals surface area (Å²) in [7, 11) is 0. The van der Waals surface area contributed by atoms with Gasteiger partial charge in [-0.2, -0.15) is 0 Å². The Labute approximate surface area is 116 Å². The van der Waals surface area contributed by atoms with E-state index in [0.29, 0.717) is 6.54 Å². The molecule has 0 unspecified atom stereocenters. The summed E-state index contributed by atoms with van der Waals surface area (Å²) < 4.78 is 0. The molecule has 1 aromatic carbocycles. The molecule has 19 heavy (non-hydrogen) atoms. The van der Waals surface area contributed by atoms with Gasteiger partial charge in [0.1, 0.15) is 0 Å². The van der Waals surface area contributed by atoms with Crippen molar-refractivity contribution in [2.24, 2.45) is 0 Å². The number of halogens is 1. The number of nitrogens with zero attached hydrogens (tertiary/aromatic N) is 1. The van der Waals surface area contributed by atoms with Crippen molar-refractivity contribution < 1.29 is 9.72 Å². The van der Waals surface area contributed by atoms with Gasteiger partial charge in [0, 0.05) is 24.7 Å². The predicted molar refractivity (Wildman–Crippen MR) is 73.6 cm³/mol. The summed E-state index contributed by atoms with van der Waals surface area (Å²) in [6.07, 6.45) is 0. The third-order valence-corrected chi connectivity index (χ3v) is 2.84. The number of carbonyl (C=O) groups is 1. The summed E-state index contributed by atoms with van der Waals surface area (Å²) >= 11 is 5.86. The number of rotatable bonds is 6. The Kier molecular flexibility index (Phi) is 5.72. The lowest BCUT2D eigenvalue weighted by atomic mass is 10.2. The van der Waals surface area contributed by atoms with E-state index in [4.69, 9.17) is 11.6 Å². The second-order valence-electron chi connectivity index (χ2n) is 4.09. The van der Waals surface area contributed by atoms with Gasteiger partial charge in [0.05, 0.1) is 15.5 Å². The van der Waals surface area contributed by atoms with Gasteiger partial charge >= 0.3 is 0 Å². The molecule has 0 saturated heterocycles. The van der Waals surface area contributed by atoms with Crippen molar-refractivity contribution in [3.05, 3.63) is 38.9 Å². The maximum absolute atomic E-state index is 11.9. The first-order valence-corrected chi connectivity index (χ1v) is 6.29. The number of hydrogen-bond donors (Lipinski definition) is 2. The normalized spacial score (nSPS) is 11.9. The number of nitro benzene ring substituents is 1. The zero-order valence-electron chi connectivity index (χ0n) is 10.8. The van der Waals surface area contributed by atoms with Crippen LogP contribution < -0.4 is 10.6 Å². The minimum atomic E-state index is -0.555. The third-order valence-electron chi connectivity index (χ3n) is 2.53. The van der Waals surface area contributed by atoms with Crippen LogP contribution >= 0.6 is 11.6 Å². The molecule has 7 heteroatoms. The lowest BCUT2D eigenvalue weighted by Gasteiger charge is -2.13. The van der Waals surface area contributed by atoms with E-state index >= 15 is 0 Å². The molecular formula is C12H16ClN3O3. The van der Waals surface area contributed by atoms with Crippen molar-refractivity contribution in [2.75, 3.05) is 13.1 Å². The van der Waals surface area contributed by atoms with Crippen molar-refractivity contribution in [3.8, 4) is 0 Å². The molecular weight excluding hydrogens is 270 g/mol. The van der Waals surface area contributed by atoms with Crippen LogP contribution in [0.15, 0.2) is 18.2 Å². The monoisotopic (exact) mass is 285 g/mol. The summed E-state index contributed by atoms with van der Waals surface area (Å²) in [4.78, 5) is 21.9. The van der Waals surface area contributed by atoms with Crippen molar-refractivity contribution in [1.82, 2.24) is 10.6 Å². The molecule has 1 atom stereocenters. The molecule has 0 radical (unpaired) electrons. The van der Waals surface area contributed by atoms with Crippen LogP contribution in [0.25, 0.3) is 0 Å². The Hall–Kier alpha value is -1.66. The van der Waals surface area contributed by atoms with Crippen LogP contribution in [0.5, 0.6) is 0 Å². The van der Waals surface area contributed by atoms with Crippen LogP contribution in [0.3, 0.4) is 0 Å². The molecule has 0 fully saturated rings. The van der Waals surface area contributed by atoms with Crippen LogP contribution in [0, 0.1) is 10.1 Å². The van der Waals surface area contributed by atoms with Gasteiger partial charge in [0.25, 0.3) is 11.6 Å². The van der Waals surface area contributed by atoms with Gasteiger partial charge in [-0.1, -0.05) is 18.5 Å². The highest BCUT2D eigenvalue weighted by Crippen LogP contribution is 2.22. The third kappa shape index (κ3) is 4.50. The number of amides is 1. The molecule has 0 bridgehead atoms. The molecule has 1 amide bonds. The number of carbonyl (C=O) groups excluding carboxylic acids is 1. The second-order valence-corrected chi connectivity index (χ2v) is 4.50. The first-order chi connectivity index (χ1) is 8.95. The number of nitrogens with one attached hydrogen (secondary N) is 2. The highest BCUT2D eigenvalue weighted by Gasteiger charge is 2.15. The van der Waals surface area contributed by atoms with Crippen molar-refractivity contribution >= 4 is 23.2 Å². The van der Waals surface area contributed by atoms with E-state index < -0.39 is 4.92 Å². The molecule has 1 aromatic rings. The zero-order chi connectivity index (χ0) is 14.4. The fourth-order valence-corrected chi connectivity index (χ4v) is 1.82. The van der Waals surface area contributed by atoms with Crippen LogP contribution in [0.4, 0.5) is 5.69 Å². The van der Waals surface area contributed by atoms with E-state index in [2.05, 4.69) is 10.6 Å². The quantitative estimate of drug-likeness (QED) is 0.618. The molecule has 1 rings (SSSR count). The lowest BCUT2D eigenvalue weighted by Crippen LogP contribution is -2.38.